The van der Waals surface area contributed by atoms with Gasteiger partial charge in [-0.25, -0.2) is 4.98 Å². The molecule has 2 aromatic heterocycles. The molecule has 160 valence electrons. The third-order valence-electron chi connectivity index (χ3n) is 4.70. The summed E-state index contributed by atoms with van der Waals surface area (Å²) in [6.07, 6.45) is 0. The Hall–Kier alpha value is -3.73. The quantitative estimate of drug-likeness (QED) is 0.409. The molecule has 0 spiro atoms. The maximum atomic E-state index is 12.6. The molecule has 1 aliphatic heterocycles. The number of rotatable bonds is 5. The maximum Gasteiger partial charge on any atom is 0.287 e. The van der Waals surface area contributed by atoms with Crippen LogP contribution in [-0.2, 0) is 16.2 Å². The minimum absolute atomic E-state index is 0.0225. The smallest absolute Gasteiger partial charge is 0.287 e. The van der Waals surface area contributed by atoms with E-state index in [4.69, 9.17) is 9.57 Å². The number of carbonyl (C=O) groups excluding carboxylic acids is 2. The van der Waals surface area contributed by atoms with Crippen molar-refractivity contribution in [1.82, 2.24) is 15.3 Å². The van der Waals surface area contributed by atoms with Crippen LogP contribution < -0.4 is 20.9 Å². The largest absolute Gasteiger partial charge is 0.482 e. The molecule has 0 aliphatic carbocycles. The zero-order valence-corrected chi connectivity index (χ0v) is 17.8. The Morgan fingerprint density at radius 1 is 1.39 bits per heavy atom. The second-order valence-corrected chi connectivity index (χ2v) is 7.86. The fraction of sp³-hybridized carbons (Fsp3) is 0.250. The first kappa shape index (κ1) is 20.5. The number of anilines is 1. The molecule has 0 saturated heterocycles. The van der Waals surface area contributed by atoms with Gasteiger partial charge in [0.2, 0.25) is 5.82 Å². The average molecular weight is 441 g/mol. The van der Waals surface area contributed by atoms with E-state index in [1.54, 1.807) is 32.0 Å². The second kappa shape index (κ2) is 8.19. The molecule has 4 rings (SSSR count). The molecule has 2 amide bonds. The van der Waals surface area contributed by atoms with Crippen LogP contribution in [0, 0.1) is 6.92 Å². The fourth-order valence-corrected chi connectivity index (χ4v) is 4.40. The van der Waals surface area contributed by atoms with Gasteiger partial charge in [0.15, 0.2) is 6.61 Å². The Morgan fingerprint density at radius 3 is 2.97 bits per heavy atom. The Bertz CT molecular complexity index is 1290. The minimum atomic E-state index is -0.521. The summed E-state index contributed by atoms with van der Waals surface area (Å²) < 4.78 is 5.32. The van der Waals surface area contributed by atoms with Crippen LogP contribution in [0.5, 0.6) is 5.75 Å². The minimum Gasteiger partial charge on any atom is -0.482 e. The highest BCUT2D eigenvalue weighted by molar-refractivity contribution is 7.20. The summed E-state index contributed by atoms with van der Waals surface area (Å²) in [5.74, 6) is -0.268. The van der Waals surface area contributed by atoms with Crippen molar-refractivity contribution >= 4 is 44.8 Å². The van der Waals surface area contributed by atoms with Crippen molar-refractivity contribution in [2.24, 2.45) is 5.16 Å². The molecular formula is C20H19N5O5S. The standard InChI is InChI=1S/C20H19N5O5S/c1-9-15-18(27)23-17(24-20(15)31-16(9)10(2)25-29-3)19(28)21-7-11-4-5-13-12(6-11)22-14(26)8-30-13/h4-6H,7-8H2,1-3H3,(H,21,28)(H,22,26)(H,23,24,27)/b25-10-. The number of amides is 2. The molecular weight excluding hydrogens is 422 g/mol. The molecule has 1 aliphatic rings. The first-order valence-electron chi connectivity index (χ1n) is 9.32. The summed E-state index contributed by atoms with van der Waals surface area (Å²) in [5.41, 5.74) is 2.26. The summed E-state index contributed by atoms with van der Waals surface area (Å²) in [6, 6.07) is 5.23. The van der Waals surface area contributed by atoms with Crippen molar-refractivity contribution in [1.29, 1.82) is 0 Å². The molecule has 0 unspecified atom stereocenters. The number of thiophene rings is 1. The van der Waals surface area contributed by atoms with Gasteiger partial charge < -0.3 is 25.2 Å². The maximum absolute atomic E-state index is 12.6. The number of aryl methyl sites for hydroxylation is 1. The van der Waals surface area contributed by atoms with E-state index in [0.29, 0.717) is 27.4 Å². The molecule has 0 atom stereocenters. The Morgan fingerprint density at radius 2 is 2.19 bits per heavy atom. The lowest BCUT2D eigenvalue weighted by Crippen LogP contribution is -2.28. The van der Waals surface area contributed by atoms with Crippen molar-refractivity contribution in [3.63, 3.8) is 0 Å². The van der Waals surface area contributed by atoms with Gasteiger partial charge in [0.05, 0.1) is 21.7 Å². The van der Waals surface area contributed by atoms with Gasteiger partial charge in [0.1, 0.15) is 17.7 Å². The number of nitrogens with one attached hydrogen (secondary N) is 3. The summed E-state index contributed by atoms with van der Waals surface area (Å²) in [6.45, 7) is 3.73. The van der Waals surface area contributed by atoms with Gasteiger partial charge in [0, 0.05) is 6.54 Å². The highest BCUT2D eigenvalue weighted by Gasteiger charge is 2.19. The predicted octanol–water partition coefficient (Wildman–Crippen LogP) is 1.92. The lowest BCUT2D eigenvalue weighted by molar-refractivity contribution is -0.118. The molecule has 3 aromatic rings. The Kier molecular flexibility index (Phi) is 5.42. The van der Waals surface area contributed by atoms with Gasteiger partial charge in [0.25, 0.3) is 17.4 Å². The summed E-state index contributed by atoms with van der Waals surface area (Å²) >= 11 is 1.27. The Balaban J connectivity index is 1.56. The summed E-state index contributed by atoms with van der Waals surface area (Å²) in [5, 5.41) is 9.78. The van der Waals surface area contributed by atoms with Crippen LogP contribution in [0.2, 0.25) is 0 Å². The van der Waals surface area contributed by atoms with Crippen molar-refractivity contribution in [2.75, 3.05) is 19.0 Å². The highest BCUT2D eigenvalue weighted by Crippen LogP contribution is 2.29. The molecule has 3 N–H and O–H groups in total. The molecule has 0 fully saturated rings. The number of aromatic amines is 1. The lowest BCUT2D eigenvalue weighted by Gasteiger charge is -2.18. The van der Waals surface area contributed by atoms with Gasteiger partial charge in [-0.1, -0.05) is 11.2 Å². The second-order valence-electron chi connectivity index (χ2n) is 6.86. The van der Waals surface area contributed by atoms with Crippen molar-refractivity contribution < 1.29 is 19.2 Å². The van der Waals surface area contributed by atoms with Crippen LogP contribution in [0.1, 0.15) is 33.5 Å². The van der Waals surface area contributed by atoms with Crippen LogP contribution in [0.15, 0.2) is 28.1 Å². The number of benzene rings is 1. The molecule has 0 radical (unpaired) electrons. The number of fused-ring (bicyclic) bond motifs is 2. The zero-order chi connectivity index (χ0) is 22.1. The Labute approximate surface area is 180 Å². The number of hydrogen-bond acceptors (Lipinski definition) is 8. The van der Waals surface area contributed by atoms with Crippen molar-refractivity contribution in [3.05, 3.63) is 50.4 Å². The topological polar surface area (TPSA) is 135 Å². The molecule has 3 heterocycles. The van der Waals surface area contributed by atoms with E-state index in [1.807, 2.05) is 0 Å². The number of oxime groups is 1. The predicted molar refractivity (Wildman–Crippen MR) is 116 cm³/mol. The van der Waals surface area contributed by atoms with Gasteiger partial charge in [-0.2, -0.15) is 0 Å². The van der Waals surface area contributed by atoms with Crippen LogP contribution >= 0.6 is 11.3 Å². The molecule has 1 aromatic carbocycles. The zero-order valence-electron chi connectivity index (χ0n) is 17.0. The lowest BCUT2D eigenvalue weighted by atomic mass is 10.1. The molecule has 0 bridgehead atoms. The number of aromatic nitrogens is 2. The van der Waals surface area contributed by atoms with E-state index in [1.165, 1.54) is 18.4 Å². The van der Waals surface area contributed by atoms with Crippen molar-refractivity contribution in [3.8, 4) is 5.75 Å². The van der Waals surface area contributed by atoms with Gasteiger partial charge in [-0.15, -0.1) is 11.3 Å². The van der Waals surface area contributed by atoms with Crippen LogP contribution in [-0.4, -0.2) is 41.2 Å². The average Bonchev–Trinajstić information content (AvgIpc) is 3.08. The van der Waals surface area contributed by atoms with Crippen LogP contribution in [0.4, 0.5) is 5.69 Å². The first-order valence-corrected chi connectivity index (χ1v) is 10.1. The van der Waals surface area contributed by atoms with E-state index >= 15 is 0 Å². The van der Waals surface area contributed by atoms with Gasteiger partial charge in [-0.05, 0) is 37.1 Å². The van der Waals surface area contributed by atoms with Crippen LogP contribution in [0.25, 0.3) is 10.2 Å². The number of nitrogens with zero attached hydrogens (tertiary/aromatic N) is 2. The monoisotopic (exact) mass is 441 g/mol. The van der Waals surface area contributed by atoms with Gasteiger partial charge >= 0.3 is 0 Å². The molecule has 31 heavy (non-hydrogen) atoms. The number of ether oxygens (including phenoxy) is 1. The highest BCUT2D eigenvalue weighted by atomic mass is 32.1. The number of carbonyl (C=O) groups is 2. The normalized spacial score (nSPS) is 13.4. The van der Waals surface area contributed by atoms with Gasteiger partial charge in [-0.3, -0.25) is 14.4 Å². The van der Waals surface area contributed by atoms with E-state index < -0.39 is 11.5 Å². The molecule has 0 saturated carbocycles. The third kappa shape index (κ3) is 3.99. The fourth-order valence-electron chi connectivity index (χ4n) is 3.28. The molecule has 11 heteroatoms. The van der Waals surface area contributed by atoms with Crippen LogP contribution in [0.3, 0.4) is 0 Å². The third-order valence-corrected chi connectivity index (χ3v) is 6.00. The first-order chi connectivity index (χ1) is 14.9. The van der Waals surface area contributed by atoms with Crippen molar-refractivity contribution in [2.45, 2.75) is 20.4 Å². The summed E-state index contributed by atoms with van der Waals surface area (Å²) in [7, 11) is 1.45. The number of hydrogen-bond donors (Lipinski definition) is 3. The van der Waals surface area contributed by atoms with E-state index in [9.17, 15) is 14.4 Å². The number of H-pyrrole nitrogens is 1. The van der Waals surface area contributed by atoms with E-state index in [2.05, 4.69) is 25.8 Å². The van der Waals surface area contributed by atoms with E-state index in [-0.39, 0.29) is 24.9 Å². The molecule has 10 nitrogen and oxygen atoms in total. The SMILES string of the molecule is CO/N=C(/C)c1sc2nc(C(=O)NCc3ccc4c(c3)NC(=O)CO4)[nH]c(=O)c2c1C. The summed E-state index contributed by atoms with van der Waals surface area (Å²) in [4.78, 5) is 49.6. The van der Waals surface area contributed by atoms with E-state index in [0.717, 1.165) is 16.0 Å².